The summed E-state index contributed by atoms with van der Waals surface area (Å²) in [6.45, 7) is 0.264. The number of nitrogens with zero attached hydrogens (tertiary/aromatic N) is 1. The number of nitrogens with one attached hydrogen (secondary N) is 1. The Morgan fingerprint density at radius 3 is 2.71 bits per heavy atom. The van der Waals surface area contributed by atoms with Crippen LogP contribution in [0.1, 0.15) is 0 Å². The second kappa shape index (κ2) is 1.61. The average Bonchev–Trinajstić information content (AvgIpc) is 1.87. The summed E-state index contributed by atoms with van der Waals surface area (Å²) < 4.78 is 0.539. The quantitative estimate of drug-likeness (QED) is 0.496. The third-order valence-electron chi connectivity index (χ3n) is 0.604. The van der Waals surface area contributed by atoms with Gasteiger partial charge in [-0.25, -0.2) is 0 Å². The van der Waals surface area contributed by atoms with Gasteiger partial charge in [-0.05, 0) is 15.9 Å². The molecule has 0 unspecified atom stereocenters. The number of amides is 1. The Morgan fingerprint density at radius 2 is 2.57 bits per heavy atom. The fraction of sp³-hybridized carbons (Fsp3) is 0.333. The molecule has 1 rings (SSSR count). The summed E-state index contributed by atoms with van der Waals surface area (Å²) in [5, 5.41) is 2.44. The normalized spacial score (nSPS) is 19.0. The molecule has 0 aliphatic carbocycles. The number of carbonyl (C=O) groups excluding carboxylic acids is 1. The summed E-state index contributed by atoms with van der Waals surface area (Å²) in [5.41, 5.74) is 0. The molecular weight excluding hydrogens is 160 g/mol. The molecule has 0 bridgehead atoms. The first kappa shape index (κ1) is 4.77. The molecule has 0 saturated carbocycles. The van der Waals surface area contributed by atoms with Gasteiger partial charge < -0.3 is 5.32 Å². The van der Waals surface area contributed by atoms with Crippen molar-refractivity contribution in [2.45, 2.75) is 0 Å². The zero-order valence-electron chi connectivity index (χ0n) is 3.44. The highest BCUT2D eigenvalue weighted by atomic mass is 79.9. The van der Waals surface area contributed by atoms with E-state index in [0.717, 1.165) is 0 Å². The van der Waals surface area contributed by atoms with Crippen molar-refractivity contribution in [2.75, 3.05) is 6.54 Å². The van der Waals surface area contributed by atoms with Gasteiger partial charge in [0.1, 0.15) is 6.54 Å². The van der Waals surface area contributed by atoms with Crippen LogP contribution in [0.3, 0.4) is 0 Å². The van der Waals surface area contributed by atoms with Crippen molar-refractivity contribution in [3.05, 3.63) is 0 Å². The van der Waals surface area contributed by atoms with E-state index in [0.29, 0.717) is 4.74 Å². The van der Waals surface area contributed by atoms with Crippen LogP contribution in [0.5, 0.6) is 0 Å². The molecule has 0 fully saturated rings. The molecule has 38 valence electrons. The highest BCUT2D eigenvalue weighted by molar-refractivity contribution is 9.18. The molecule has 1 aliphatic rings. The number of carbonyl (C=O) groups is 1. The maximum absolute atomic E-state index is 10.2. The van der Waals surface area contributed by atoms with Crippen molar-refractivity contribution in [2.24, 2.45) is 4.99 Å². The van der Waals surface area contributed by atoms with Gasteiger partial charge in [-0.2, -0.15) is 0 Å². The molecule has 0 radical (unpaired) electrons. The van der Waals surface area contributed by atoms with Gasteiger partial charge in [0.25, 0.3) is 0 Å². The molecule has 0 aromatic carbocycles. The Hall–Kier alpha value is -0.380. The molecule has 1 aliphatic heterocycles. The minimum atomic E-state index is -0.0492. The molecule has 1 amide bonds. The minimum Gasteiger partial charge on any atom is -0.303 e. The predicted octanol–water partition coefficient (Wildman–Crippen LogP) is -0.133. The van der Waals surface area contributed by atoms with Crippen LogP contribution >= 0.6 is 15.9 Å². The molecule has 0 aromatic heterocycles. The van der Waals surface area contributed by atoms with E-state index in [9.17, 15) is 4.79 Å². The molecular formula is C3H3BrN2O. The first-order valence-electron chi connectivity index (χ1n) is 1.79. The highest BCUT2D eigenvalue weighted by Crippen LogP contribution is 1.91. The predicted molar refractivity (Wildman–Crippen MR) is 29.4 cm³/mol. The Balaban J connectivity index is 2.58. The van der Waals surface area contributed by atoms with E-state index in [1.807, 2.05) is 0 Å². The SMILES string of the molecule is O=C1CN=C(Br)N1. The fourth-order valence-corrected chi connectivity index (χ4v) is 0.682. The molecule has 4 heteroatoms. The second-order valence-corrected chi connectivity index (χ2v) is 1.91. The van der Waals surface area contributed by atoms with Gasteiger partial charge in [0.2, 0.25) is 5.91 Å². The summed E-state index contributed by atoms with van der Waals surface area (Å²) >= 11 is 3.00. The van der Waals surface area contributed by atoms with Crippen LogP contribution in [0.15, 0.2) is 4.99 Å². The Labute approximate surface area is 48.9 Å². The maximum atomic E-state index is 10.2. The molecule has 0 aromatic rings. The average molecular weight is 163 g/mol. The summed E-state index contributed by atoms with van der Waals surface area (Å²) in [4.78, 5) is 13.9. The van der Waals surface area contributed by atoms with Crippen LogP contribution in [0.2, 0.25) is 0 Å². The first-order valence-corrected chi connectivity index (χ1v) is 2.58. The van der Waals surface area contributed by atoms with E-state index in [-0.39, 0.29) is 12.5 Å². The van der Waals surface area contributed by atoms with Gasteiger partial charge in [-0.3, -0.25) is 9.79 Å². The lowest BCUT2D eigenvalue weighted by Crippen LogP contribution is -2.19. The van der Waals surface area contributed by atoms with Crippen molar-refractivity contribution in [3.63, 3.8) is 0 Å². The number of hydrogen-bond donors (Lipinski definition) is 1. The third kappa shape index (κ3) is 0.991. The zero-order chi connectivity index (χ0) is 5.28. The molecule has 0 atom stereocenters. The minimum absolute atomic E-state index is 0.0492. The number of rotatable bonds is 0. The lowest BCUT2D eigenvalue weighted by atomic mass is 10.7. The Morgan fingerprint density at radius 1 is 1.86 bits per heavy atom. The van der Waals surface area contributed by atoms with E-state index in [1.165, 1.54) is 0 Å². The van der Waals surface area contributed by atoms with Gasteiger partial charge in [0.05, 0.1) is 0 Å². The van der Waals surface area contributed by atoms with Crippen LogP contribution in [-0.4, -0.2) is 17.2 Å². The van der Waals surface area contributed by atoms with Crippen molar-refractivity contribution in [1.82, 2.24) is 5.32 Å². The zero-order valence-corrected chi connectivity index (χ0v) is 5.03. The van der Waals surface area contributed by atoms with E-state index in [1.54, 1.807) is 0 Å². The lowest BCUT2D eigenvalue weighted by Gasteiger charge is -1.82. The van der Waals surface area contributed by atoms with Crippen molar-refractivity contribution in [3.8, 4) is 0 Å². The van der Waals surface area contributed by atoms with E-state index >= 15 is 0 Å². The standard InChI is InChI=1S/C3H3BrN2O/c4-3-5-1-2(7)6-3/h1H2,(H,5,6,7). The summed E-state index contributed by atoms with van der Waals surface area (Å²) in [6.07, 6.45) is 0. The maximum Gasteiger partial charge on any atom is 0.247 e. The van der Waals surface area contributed by atoms with Gasteiger partial charge in [-0.15, -0.1) is 0 Å². The molecule has 1 heterocycles. The third-order valence-corrected chi connectivity index (χ3v) is 1.05. The molecule has 1 N–H and O–H groups in total. The largest absolute Gasteiger partial charge is 0.303 e. The number of aliphatic imine (C=N–C) groups is 1. The van der Waals surface area contributed by atoms with Gasteiger partial charge in [0.15, 0.2) is 4.74 Å². The van der Waals surface area contributed by atoms with Crippen molar-refractivity contribution >= 4 is 26.6 Å². The second-order valence-electron chi connectivity index (χ2n) is 1.16. The van der Waals surface area contributed by atoms with Crippen LogP contribution in [0.25, 0.3) is 0 Å². The Bertz CT molecular complexity index is 131. The fourth-order valence-electron chi connectivity index (χ4n) is 0.335. The number of hydrogen-bond acceptors (Lipinski definition) is 2. The summed E-state index contributed by atoms with van der Waals surface area (Å²) in [7, 11) is 0. The Kier molecular flexibility index (Phi) is 1.10. The smallest absolute Gasteiger partial charge is 0.247 e. The number of halogens is 1. The van der Waals surface area contributed by atoms with Crippen LogP contribution in [0.4, 0.5) is 0 Å². The monoisotopic (exact) mass is 162 g/mol. The van der Waals surface area contributed by atoms with Crippen LogP contribution < -0.4 is 5.32 Å². The molecule has 7 heavy (non-hydrogen) atoms. The lowest BCUT2D eigenvalue weighted by molar-refractivity contribution is -0.117. The first-order chi connectivity index (χ1) is 3.29. The molecule has 3 nitrogen and oxygen atoms in total. The van der Waals surface area contributed by atoms with Crippen LogP contribution in [0, 0.1) is 0 Å². The van der Waals surface area contributed by atoms with Crippen LogP contribution in [-0.2, 0) is 4.79 Å². The summed E-state index contributed by atoms with van der Waals surface area (Å²) in [6, 6.07) is 0. The summed E-state index contributed by atoms with van der Waals surface area (Å²) in [5.74, 6) is -0.0492. The van der Waals surface area contributed by atoms with Crippen molar-refractivity contribution in [1.29, 1.82) is 0 Å². The van der Waals surface area contributed by atoms with Crippen molar-refractivity contribution < 1.29 is 4.79 Å². The van der Waals surface area contributed by atoms with E-state index in [2.05, 4.69) is 26.2 Å². The topological polar surface area (TPSA) is 41.5 Å². The number of amidine groups is 1. The highest BCUT2D eigenvalue weighted by Gasteiger charge is 2.08. The van der Waals surface area contributed by atoms with E-state index < -0.39 is 0 Å². The van der Waals surface area contributed by atoms with Gasteiger partial charge >= 0.3 is 0 Å². The van der Waals surface area contributed by atoms with Gasteiger partial charge in [0, 0.05) is 0 Å². The molecule has 0 saturated heterocycles. The molecule has 0 spiro atoms. The van der Waals surface area contributed by atoms with Gasteiger partial charge in [-0.1, -0.05) is 0 Å². The van der Waals surface area contributed by atoms with E-state index in [4.69, 9.17) is 0 Å².